The van der Waals surface area contributed by atoms with Crippen LogP contribution in [0.3, 0.4) is 0 Å². The van der Waals surface area contributed by atoms with E-state index in [4.69, 9.17) is 17.3 Å². The third-order valence-electron chi connectivity index (χ3n) is 2.69. The van der Waals surface area contributed by atoms with Crippen molar-refractivity contribution in [2.45, 2.75) is 19.9 Å². The van der Waals surface area contributed by atoms with Crippen LogP contribution in [-0.2, 0) is 0 Å². The molecule has 0 saturated heterocycles. The highest BCUT2D eigenvalue weighted by atomic mass is 35.5. The van der Waals surface area contributed by atoms with Crippen LogP contribution in [0.5, 0.6) is 0 Å². The van der Waals surface area contributed by atoms with E-state index in [2.05, 4.69) is 32.0 Å². The van der Waals surface area contributed by atoms with Crippen LogP contribution in [0, 0.1) is 13.8 Å². The highest BCUT2D eigenvalue weighted by Crippen LogP contribution is 2.32. The zero-order chi connectivity index (χ0) is 11.7. The molecule has 3 heteroatoms. The van der Waals surface area contributed by atoms with Gasteiger partial charge in [-0.25, -0.2) is 0 Å². The zero-order valence-electron chi connectivity index (χ0n) is 9.33. The highest BCUT2D eigenvalue weighted by molar-refractivity contribution is 7.10. The van der Waals surface area contributed by atoms with Crippen molar-refractivity contribution in [3.63, 3.8) is 0 Å². The molecule has 2 rings (SSSR count). The molecule has 84 valence electrons. The van der Waals surface area contributed by atoms with Gasteiger partial charge in [0.05, 0.1) is 11.1 Å². The Balaban J connectivity index is 2.41. The van der Waals surface area contributed by atoms with Gasteiger partial charge in [-0.15, -0.1) is 11.3 Å². The van der Waals surface area contributed by atoms with Crippen LogP contribution in [0.25, 0.3) is 0 Å². The van der Waals surface area contributed by atoms with E-state index in [9.17, 15) is 0 Å². The van der Waals surface area contributed by atoms with Gasteiger partial charge < -0.3 is 5.73 Å². The van der Waals surface area contributed by atoms with E-state index < -0.39 is 0 Å². The first kappa shape index (κ1) is 11.6. The molecule has 0 aliphatic rings. The van der Waals surface area contributed by atoms with Crippen LogP contribution >= 0.6 is 22.9 Å². The number of benzene rings is 1. The number of aryl methyl sites for hydroxylation is 2. The first-order valence-corrected chi connectivity index (χ1v) is 6.41. The average molecular weight is 252 g/mol. The van der Waals surface area contributed by atoms with Crippen molar-refractivity contribution >= 4 is 22.9 Å². The minimum Gasteiger partial charge on any atom is -0.320 e. The maximum atomic E-state index is 6.24. The van der Waals surface area contributed by atoms with Gasteiger partial charge in [-0.2, -0.15) is 0 Å². The summed E-state index contributed by atoms with van der Waals surface area (Å²) in [5.41, 5.74) is 9.86. The highest BCUT2D eigenvalue weighted by Gasteiger charge is 2.15. The third kappa shape index (κ3) is 2.14. The van der Waals surface area contributed by atoms with Crippen molar-refractivity contribution in [2.24, 2.45) is 5.73 Å². The lowest BCUT2D eigenvalue weighted by molar-refractivity contribution is 0.881. The van der Waals surface area contributed by atoms with E-state index in [0.29, 0.717) is 0 Å². The molecule has 0 bridgehead atoms. The summed E-state index contributed by atoms with van der Waals surface area (Å²) in [6.45, 7) is 4.17. The van der Waals surface area contributed by atoms with Gasteiger partial charge in [0.25, 0.3) is 0 Å². The topological polar surface area (TPSA) is 26.0 Å². The number of hydrogen-bond acceptors (Lipinski definition) is 2. The molecule has 1 unspecified atom stereocenters. The molecule has 2 N–H and O–H groups in total. The van der Waals surface area contributed by atoms with Gasteiger partial charge in [-0.1, -0.05) is 35.4 Å². The predicted molar refractivity (Wildman–Crippen MR) is 71.3 cm³/mol. The number of thiophene rings is 1. The molecule has 0 radical (unpaired) electrons. The van der Waals surface area contributed by atoms with Crippen LogP contribution < -0.4 is 5.73 Å². The molecular weight excluding hydrogens is 238 g/mol. The third-order valence-corrected chi connectivity index (χ3v) is 4.13. The molecule has 0 spiro atoms. The molecule has 16 heavy (non-hydrogen) atoms. The Kier molecular flexibility index (Phi) is 3.33. The summed E-state index contributed by atoms with van der Waals surface area (Å²) in [6.07, 6.45) is 0. The number of hydrogen-bond donors (Lipinski definition) is 1. The van der Waals surface area contributed by atoms with Crippen molar-refractivity contribution in [1.29, 1.82) is 0 Å². The van der Waals surface area contributed by atoms with E-state index >= 15 is 0 Å². The van der Waals surface area contributed by atoms with Gasteiger partial charge in [0, 0.05) is 4.88 Å². The summed E-state index contributed by atoms with van der Waals surface area (Å²) in [6, 6.07) is 8.10. The van der Waals surface area contributed by atoms with E-state index in [1.165, 1.54) is 11.1 Å². The second kappa shape index (κ2) is 4.58. The molecule has 1 atom stereocenters. The molecule has 1 nitrogen and oxygen atoms in total. The van der Waals surface area contributed by atoms with Crippen molar-refractivity contribution in [1.82, 2.24) is 0 Å². The molecule has 1 aromatic heterocycles. The molecule has 2 aromatic rings. The monoisotopic (exact) mass is 251 g/mol. The van der Waals surface area contributed by atoms with Crippen molar-refractivity contribution in [3.8, 4) is 0 Å². The quantitative estimate of drug-likeness (QED) is 0.856. The lowest BCUT2D eigenvalue weighted by Crippen LogP contribution is -2.12. The van der Waals surface area contributed by atoms with Gasteiger partial charge in [0.1, 0.15) is 0 Å². The lowest BCUT2D eigenvalue weighted by atomic mass is 9.99. The van der Waals surface area contributed by atoms with Crippen molar-refractivity contribution in [2.75, 3.05) is 0 Å². The van der Waals surface area contributed by atoms with Gasteiger partial charge in [-0.3, -0.25) is 0 Å². The lowest BCUT2D eigenvalue weighted by Gasteiger charge is -2.14. The van der Waals surface area contributed by atoms with Gasteiger partial charge in [0.2, 0.25) is 0 Å². The summed E-state index contributed by atoms with van der Waals surface area (Å²) >= 11 is 7.71. The normalized spacial score (nSPS) is 12.8. The molecular formula is C13H14ClNS. The second-order valence-corrected chi connectivity index (χ2v) is 5.33. The van der Waals surface area contributed by atoms with E-state index in [-0.39, 0.29) is 6.04 Å². The van der Waals surface area contributed by atoms with Crippen LogP contribution in [0.15, 0.2) is 29.6 Å². The number of rotatable bonds is 2. The minimum absolute atomic E-state index is 0.118. The van der Waals surface area contributed by atoms with Gasteiger partial charge in [0.15, 0.2) is 0 Å². The summed E-state index contributed by atoms with van der Waals surface area (Å²) in [7, 11) is 0. The maximum Gasteiger partial charge on any atom is 0.0663 e. The van der Waals surface area contributed by atoms with E-state index in [1.54, 1.807) is 11.3 Å². The average Bonchev–Trinajstić information content (AvgIpc) is 2.63. The smallest absolute Gasteiger partial charge is 0.0663 e. The fraction of sp³-hybridized carbons (Fsp3) is 0.231. The Morgan fingerprint density at radius 2 is 2.00 bits per heavy atom. The fourth-order valence-corrected chi connectivity index (χ4v) is 3.04. The van der Waals surface area contributed by atoms with Crippen molar-refractivity contribution < 1.29 is 0 Å². The Labute approximate surface area is 105 Å². The number of halogens is 1. The Morgan fingerprint density at radius 3 is 2.56 bits per heavy atom. The summed E-state index contributed by atoms with van der Waals surface area (Å²) < 4.78 is 0. The van der Waals surface area contributed by atoms with Gasteiger partial charge >= 0.3 is 0 Å². The minimum atomic E-state index is -0.118. The zero-order valence-corrected chi connectivity index (χ0v) is 10.9. The first-order valence-electron chi connectivity index (χ1n) is 5.15. The SMILES string of the molecule is Cc1ccc(C(N)c2sccc2Cl)c(C)c1. The molecule has 0 aliphatic heterocycles. The largest absolute Gasteiger partial charge is 0.320 e. The standard InChI is InChI=1S/C13H14ClNS/c1-8-3-4-10(9(2)7-8)12(15)13-11(14)5-6-16-13/h3-7,12H,15H2,1-2H3. The predicted octanol–water partition coefficient (Wildman–Crippen LogP) is 4.07. The summed E-state index contributed by atoms with van der Waals surface area (Å²) in [5.74, 6) is 0. The summed E-state index contributed by atoms with van der Waals surface area (Å²) in [4.78, 5) is 1.04. The van der Waals surface area contributed by atoms with E-state index in [0.717, 1.165) is 15.5 Å². The van der Waals surface area contributed by atoms with Crippen LogP contribution in [0.4, 0.5) is 0 Å². The van der Waals surface area contributed by atoms with Crippen LogP contribution in [0.2, 0.25) is 5.02 Å². The van der Waals surface area contributed by atoms with Crippen LogP contribution in [-0.4, -0.2) is 0 Å². The molecule has 1 aromatic carbocycles. The second-order valence-electron chi connectivity index (χ2n) is 3.97. The maximum absolute atomic E-state index is 6.24. The Hall–Kier alpha value is -0.830. The van der Waals surface area contributed by atoms with Crippen LogP contribution in [0.1, 0.15) is 27.6 Å². The first-order chi connectivity index (χ1) is 7.59. The number of nitrogens with two attached hydrogens (primary N) is 1. The molecule has 0 amide bonds. The Morgan fingerprint density at radius 1 is 1.25 bits per heavy atom. The fourth-order valence-electron chi connectivity index (χ4n) is 1.84. The summed E-state index contributed by atoms with van der Waals surface area (Å²) in [5, 5.41) is 2.73. The van der Waals surface area contributed by atoms with Crippen molar-refractivity contribution in [3.05, 3.63) is 56.2 Å². The van der Waals surface area contributed by atoms with E-state index in [1.807, 2.05) is 11.4 Å². The molecule has 0 aliphatic carbocycles. The van der Waals surface area contributed by atoms with Gasteiger partial charge in [-0.05, 0) is 36.4 Å². The Bertz CT molecular complexity index is 504. The molecule has 1 heterocycles. The molecule has 0 saturated carbocycles. The molecule has 0 fully saturated rings.